The highest BCUT2D eigenvalue weighted by molar-refractivity contribution is 7.92. The molecule has 24 heavy (non-hydrogen) atoms. The second-order valence-corrected chi connectivity index (χ2v) is 7.62. The number of nitrogens with one attached hydrogen (secondary N) is 1. The molecule has 0 radical (unpaired) electrons. The maximum atomic E-state index is 13.2. The van der Waals surface area contributed by atoms with Gasteiger partial charge in [0.1, 0.15) is 11.6 Å². The molecule has 1 N–H and O–H groups in total. The predicted octanol–water partition coefficient (Wildman–Crippen LogP) is 3.32. The molecule has 0 bridgehead atoms. The highest BCUT2D eigenvalue weighted by Gasteiger charge is 2.18. The van der Waals surface area contributed by atoms with Gasteiger partial charge in [-0.25, -0.2) is 17.8 Å². The van der Waals surface area contributed by atoms with Gasteiger partial charge in [0.15, 0.2) is 0 Å². The number of anilines is 2. The monoisotopic (exact) mass is 349 g/mol. The number of hydrogen-bond donors (Lipinski definition) is 1. The van der Waals surface area contributed by atoms with Crippen molar-refractivity contribution < 1.29 is 12.8 Å². The average molecular weight is 349 g/mol. The van der Waals surface area contributed by atoms with Crippen LogP contribution in [0.5, 0.6) is 0 Å². The zero-order chi connectivity index (χ0) is 17.2. The Balaban J connectivity index is 1.77. The van der Waals surface area contributed by atoms with Crippen LogP contribution in [0.15, 0.2) is 41.4 Å². The van der Waals surface area contributed by atoms with Gasteiger partial charge in [0, 0.05) is 13.1 Å². The van der Waals surface area contributed by atoms with Crippen LogP contribution in [0.2, 0.25) is 0 Å². The summed E-state index contributed by atoms with van der Waals surface area (Å²) in [6, 6.07) is 7.11. The number of nitrogens with zero attached hydrogens (tertiary/aromatic N) is 2. The number of aryl methyl sites for hydroxylation is 1. The number of sulfonamides is 1. The Bertz CT molecular complexity index is 816. The Hall–Kier alpha value is -2.15. The van der Waals surface area contributed by atoms with E-state index in [1.807, 2.05) is 6.07 Å². The molecule has 128 valence electrons. The molecule has 1 saturated heterocycles. The number of halogens is 1. The van der Waals surface area contributed by atoms with Crippen molar-refractivity contribution in [2.45, 2.75) is 31.1 Å². The van der Waals surface area contributed by atoms with Crippen LogP contribution in [0.4, 0.5) is 15.9 Å². The molecule has 5 nitrogen and oxygen atoms in total. The molecule has 1 aromatic heterocycles. The smallest absolute Gasteiger partial charge is 0.263 e. The van der Waals surface area contributed by atoms with Crippen LogP contribution in [0.25, 0.3) is 0 Å². The molecule has 1 aliphatic rings. The van der Waals surface area contributed by atoms with Crippen molar-refractivity contribution in [2.75, 3.05) is 22.7 Å². The molecular formula is C17H20FN3O2S. The van der Waals surface area contributed by atoms with Crippen molar-refractivity contribution in [3.05, 3.63) is 47.9 Å². The average Bonchev–Trinajstić information content (AvgIpc) is 2.55. The summed E-state index contributed by atoms with van der Waals surface area (Å²) in [6.07, 6.45) is 5.26. The number of rotatable bonds is 4. The molecule has 2 aromatic rings. The number of pyridine rings is 1. The lowest BCUT2D eigenvalue weighted by Crippen LogP contribution is -2.29. The zero-order valence-electron chi connectivity index (χ0n) is 13.5. The zero-order valence-corrected chi connectivity index (χ0v) is 14.3. The van der Waals surface area contributed by atoms with E-state index in [1.165, 1.54) is 18.6 Å². The lowest BCUT2D eigenvalue weighted by Gasteiger charge is -2.28. The van der Waals surface area contributed by atoms with E-state index in [-0.39, 0.29) is 10.7 Å². The summed E-state index contributed by atoms with van der Waals surface area (Å²) in [6.45, 7) is 3.56. The fourth-order valence-corrected chi connectivity index (χ4v) is 4.13. The molecule has 0 spiro atoms. The van der Waals surface area contributed by atoms with E-state index in [1.54, 1.807) is 19.2 Å². The van der Waals surface area contributed by atoms with Gasteiger partial charge in [-0.2, -0.15) is 0 Å². The Labute approximate surface area is 141 Å². The molecule has 1 fully saturated rings. The predicted molar refractivity (Wildman–Crippen MR) is 92.2 cm³/mol. The summed E-state index contributed by atoms with van der Waals surface area (Å²) in [7, 11) is -3.79. The summed E-state index contributed by atoms with van der Waals surface area (Å²) < 4.78 is 40.5. The minimum atomic E-state index is -3.79. The van der Waals surface area contributed by atoms with Crippen molar-refractivity contribution in [2.24, 2.45) is 0 Å². The van der Waals surface area contributed by atoms with Gasteiger partial charge in [0.05, 0.1) is 16.8 Å². The Morgan fingerprint density at radius 3 is 2.50 bits per heavy atom. The first-order valence-electron chi connectivity index (χ1n) is 7.96. The Kier molecular flexibility index (Phi) is 4.71. The first-order valence-corrected chi connectivity index (χ1v) is 9.44. The minimum Gasteiger partial charge on any atom is -0.370 e. The number of hydrogen-bond acceptors (Lipinski definition) is 4. The van der Waals surface area contributed by atoms with Crippen molar-refractivity contribution in [3.8, 4) is 0 Å². The van der Waals surface area contributed by atoms with E-state index in [4.69, 9.17) is 0 Å². The van der Waals surface area contributed by atoms with Crippen LogP contribution in [0.1, 0.15) is 24.8 Å². The standard InChI is InChI=1S/C17H20FN3O2S/c1-13-11-14(18)5-7-16(13)24(22,23)20-17-8-6-15(12-19-17)21-9-3-2-4-10-21/h5-8,11-12H,2-4,9-10H2,1H3,(H,19,20). The maximum absolute atomic E-state index is 13.2. The summed E-state index contributed by atoms with van der Waals surface area (Å²) in [5.74, 6) is -0.213. The van der Waals surface area contributed by atoms with Gasteiger partial charge in [-0.1, -0.05) is 0 Å². The second-order valence-electron chi connectivity index (χ2n) is 5.96. The van der Waals surface area contributed by atoms with Gasteiger partial charge in [-0.3, -0.25) is 4.72 Å². The van der Waals surface area contributed by atoms with Gasteiger partial charge < -0.3 is 4.90 Å². The summed E-state index contributed by atoms with van der Waals surface area (Å²) in [5.41, 5.74) is 1.35. The molecular weight excluding hydrogens is 329 g/mol. The summed E-state index contributed by atoms with van der Waals surface area (Å²) in [5, 5.41) is 0. The maximum Gasteiger partial charge on any atom is 0.263 e. The van der Waals surface area contributed by atoms with E-state index in [9.17, 15) is 12.8 Å². The van der Waals surface area contributed by atoms with Crippen LogP contribution in [-0.2, 0) is 10.0 Å². The minimum absolute atomic E-state index is 0.0470. The van der Waals surface area contributed by atoms with Gasteiger partial charge >= 0.3 is 0 Å². The van der Waals surface area contributed by atoms with E-state index in [0.717, 1.165) is 37.7 Å². The first-order chi connectivity index (χ1) is 11.5. The summed E-state index contributed by atoms with van der Waals surface area (Å²) in [4.78, 5) is 6.50. The molecule has 0 aliphatic carbocycles. The van der Waals surface area contributed by atoms with Crippen molar-refractivity contribution >= 4 is 21.5 Å². The molecule has 0 saturated carbocycles. The quantitative estimate of drug-likeness (QED) is 0.920. The normalized spacial score (nSPS) is 15.3. The molecule has 3 rings (SSSR count). The van der Waals surface area contributed by atoms with Crippen LogP contribution in [-0.4, -0.2) is 26.5 Å². The van der Waals surface area contributed by atoms with Crippen molar-refractivity contribution in [3.63, 3.8) is 0 Å². The fraction of sp³-hybridized carbons (Fsp3) is 0.353. The number of aromatic nitrogens is 1. The fourth-order valence-electron chi connectivity index (χ4n) is 2.89. The number of piperidine rings is 1. The lowest BCUT2D eigenvalue weighted by atomic mass is 10.1. The van der Waals surface area contributed by atoms with E-state index >= 15 is 0 Å². The largest absolute Gasteiger partial charge is 0.370 e. The molecule has 1 aliphatic heterocycles. The third kappa shape index (κ3) is 3.67. The lowest BCUT2D eigenvalue weighted by molar-refractivity contribution is 0.577. The van der Waals surface area contributed by atoms with Gasteiger partial charge in [0.2, 0.25) is 0 Å². The molecule has 0 amide bonds. The van der Waals surface area contributed by atoms with E-state index in [0.29, 0.717) is 5.56 Å². The van der Waals surface area contributed by atoms with Crippen LogP contribution >= 0.6 is 0 Å². The highest BCUT2D eigenvalue weighted by Crippen LogP contribution is 2.22. The van der Waals surface area contributed by atoms with E-state index in [2.05, 4.69) is 14.6 Å². The van der Waals surface area contributed by atoms with Gasteiger partial charge in [-0.05, 0) is 62.1 Å². The van der Waals surface area contributed by atoms with Gasteiger partial charge in [0.25, 0.3) is 10.0 Å². The highest BCUT2D eigenvalue weighted by atomic mass is 32.2. The van der Waals surface area contributed by atoms with Crippen LogP contribution in [0.3, 0.4) is 0 Å². The van der Waals surface area contributed by atoms with Gasteiger partial charge in [-0.15, -0.1) is 0 Å². The molecule has 2 heterocycles. The Morgan fingerprint density at radius 1 is 1.12 bits per heavy atom. The van der Waals surface area contributed by atoms with E-state index < -0.39 is 15.8 Å². The molecule has 1 aromatic carbocycles. The molecule has 7 heteroatoms. The SMILES string of the molecule is Cc1cc(F)ccc1S(=O)(=O)Nc1ccc(N2CCCCC2)cn1. The summed E-state index contributed by atoms with van der Waals surface area (Å²) >= 11 is 0. The Morgan fingerprint density at radius 2 is 1.88 bits per heavy atom. The molecule has 0 unspecified atom stereocenters. The van der Waals surface area contributed by atoms with Crippen molar-refractivity contribution in [1.29, 1.82) is 0 Å². The van der Waals surface area contributed by atoms with Crippen LogP contribution < -0.4 is 9.62 Å². The first kappa shape index (κ1) is 16.7. The van der Waals surface area contributed by atoms with Crippen molar-refractivity contribution in [1.82, 2.24) is 4.98 Å². The van der Waals surface area contributed by atoms with Crippen LogP contribution in [0, 0.1) is 12.7 Å². The topological polar surface area (TPSA) is 62.3 Å². The number of benzene rings is 1. The third-order valence-corrected chi connectivity index (χ3v) is 5.65. The third-order valence-electron chi connectivity index (χ3n) is 4.13. The molecule has 0 atom stereocenters. The second kappa shape index (κ2) is 6.76.